The normalized spacial score (nSPS) is 10.7. The predicted molar refractivity (Wildman–Crippen MR) is 119 cm³/mol. The van der Waals surface area contributed by atoms with Crippen molar-refractivity contribution >= 4 is 11.8 Å². The molecule has 3 rings (SSSR count). The number of rotatable bonds is 10. The van der Waals surface area contributed by atoms with E-state index in [9.17, 15) is 14.0 Å². The van der Waals surface area contributed by atoms with Gasteiger partial charge in [-0.3, -0.25) is 14.3 Å². The minimum absolute atomic E-state index is 0.0790. The van der Waals surface area contributed by atoms with Crippen molar-refractivity contribution in [3.63, 3.8) is 0 Å². The van der Waals surface area contributed by atoms with Gasteiger partial charge in [-0.05, 0) is 43.5 Å². The number of benzene rings is 1. The molecule has 0 aliphatic heterocycles. The number of nitrogens with zero attached hydrogens (tertiary/aromatic N) is 4. The Labute approximate surface area is 187 Å². The molecule has 3 aromatic rings. The van der Waals surface area contributed by atoms with Crippen LogP contribution in [-0.4, -0.2) is 44.6 Å². The zero-order chi connectivity index (χ0) is 22.9. The van der Waals surface area contributed by atoms with Crippen LogP contribution < -0.4 is 5.32 Å². The molecule has 0 spiro atoms. The molecular weight excluding hydrogens is 409 g/mol. The third-order valence-corrected chi connectivity index (χ3v) is 5.09. The van der Waals surface area contributed by atoms with Gasteiger partial charge >= 0.3 is 0 Å². The number of nitrogens with one attached hydrogen (secondary N) is 1. The molecule has 32 heavy (non-hydrogen) atoms. The summed E-state index contributed by atoms with van der Waals surface area (Å²) in [6.07, 6.45) is 3.80. The highest BCUT2D eigenvalue weighted by atomic mass is 19.1. The van der Waals surface area contributed by atoms with Crippen LogP contribution in [0.3, 0.4) is 0 Å². The first kappa shape index (κ1) is 23.1. The van der Waals surface area contributed by atoms with Gasteiger partial charge in [0.05, 0.1) is 17.7 Å². The van der Waals surface area contributed by atoms with Crippen LogP contribution in [0.4, 0.5) is 4.39 Å². The van der Waals surface area contributed by atoms with Gasteiger partial charge in [0, 0.05) is 38.6 Å². The smallest absolute Gasteiger partial charge is 0.257 e. The summed E-state index contributed by atoms with van der Waals surface area (Å²) in [6.45, 7) is 5.88. The average Bonchev–Trinajstić information content (AvgIpc) is 3.17. The van der Waals surface area contributed by atoms with Gasteiger partial charge in [0.2, 0.25) is 11.9 Å². The SMILES string of the molecule is CCn1cc(C(=O)N(CCCNC(=O)Cc2ccnc(F)c2)Cc2ccccc2)c(C)n1. The van der Waals surface area contributed by atoms with Gasteiger partial charge in [-0.1, -0.05) is 30.3 Å². The van der Waals surface area contributed by atoms with Crippen molar-refractivity contribution < 1.29 is 14.0 Å². The predicted octanol–water partition coefficient (Wildman–Crippen LogP) is 3.14. The quantitative estimate of drug-likeness (QED) is 0.390. The Balaban J connectivity index is 1.59. The number of pyridine rings is 1. The minimum Gasteiger partial charge on any atom is -0.356 e. The Morgan fingerprint density at radius 3 is 2.62 bits per heavy atom. The number of carbonyl (C=O) groups is 2. The molecule has 2 amide bonds. The lowest BCUT2D eigenvalue weighted by molar-refractivity contribution is -0.120. The Hall–Kier alpha value is -3.55. The van der Waals surface area contributed by atoms with Crippen molar-refractivity contribution in [1.82, 2.24) is 25.0 Å². The maximum absolute atomic E-state index is 13.2. The second kappa shape index (κ2) is 11.2. The minimum atomic E-state index is -0.605. The van der Waals surface area contributed by atoms with E-state index in [4.69, 9.17) is 0 Å². The number of amides is 2. The lowest BCUT2D eigenvalue weighted by Crippen LogP contribution is -2.34. The first-order valence-corrected chi connectivity index (χ1v) is 10.7. The van der Waals surface area contributed by atoms with E-state index in [1.807, 2.05) is 44.2 Å². The summed E-state index contributed by atoms with van der Waals surface area (Å²) in [7, 11) is 0. The van der Waals surface area contributed by atoms with Crippen LogP contribution in [0.15, 0.2) is 54.9 Å². The van der Waals surface area contributed by atoms with E-state index in [1.165, 1.54) is 12.3 Å². The summed E-state index contributed by atoms with van der Waals surface area (Å²) >= 11 is 0. The molecule has 0 fully saturated rings. The standard InChI is InChI=1S/C24H28FN5O2/c1-3-30-17-21(18(2)28-30)24(32)29(16-19-8-5-4-6-9-19)13-7-11-27-23(31)15-20-10-12-26-22(25)14-20/h4-6,8-10,12,14,17H,3,7,11,13,15-16H2,1-2H3,(H,27,31). The number of halogens is 1. The fourth-order valence-electron chi connectivity index (χ4n) is 3.41. The van der Waals surface area contributed by atoms with Crippen LogP contribution in [-0.2, 0) is 24.3 Å². The van der Waals surface area contributed by atoms with Crippen molar-refractivity contribution in [3.8, 4) is 0 Å². The molecule has 0 unspecified atom stereocenters. The van der Waals surface area contributed by atoms with Crippen LogP contribution >= 0.6 is 0 Å². The fourth-order valence-corrected chi connectivity index (χ4v) is 3.41. The highest BCUT2D eigenvalue weighted by Crippen LogP contribution is 2.14. The summed E-state index contributed by atoms with van der Waals surface area (Å²) in [6, 6.07) is 12.7. The Morgan fingerprint density at radius 2 is 1.94 bits per heavy atom. The molecule has 8 heteroatoms. The molecule has 0 radical (unpaired) electrons. The highest BCUT2D eigenvalue weighted by molar-refractivity contribution is 5.95. The molecule has 168 valence electrons. The Morgan fingerprint density at radius 1 is 1.16 bits per heavy atom. The van der Waals surface area contributed by atoms with E-state index < -0.39 is 5.95 Å². The van der Waals surface area contributed by atoms with E-state index in [-0.39, 0.29) is 18.2 Å². The van der Waals surface area contributed by atoms with Crippen molar-refractivity contribution in [1.29, 1.82) is 0 Å². The van der Waals surface area contributed by atoms with Crippen molar-refractivity contribution in [2.45, 2.75) is 39.8 Å². The zero-order valence-electron chi connectivity index (χ0n) is 18.4. The summed E-state index contributed by atoms with van der Waals surface area (Å²) in [5.74, 6) is -0.881. The molecule has 2 aromatic heterocycles. The lowest BCUT2D eigenvalue weighted by atomic mass is 10.1. The summed E-state index contributed by atoms with van der Waals surface area (Å²) in [5.41, 5.74) is 2.89. The van der Waals surface area contributed by atoms with Crippen molar-refractivity contribution in [2.75, 3.05) is 13.1 Å². The molecule has 0 bridgehead atoms. The molecule has 7 nitrogen and oxygen atoms in total. The number of aromatic nitrogens is 3. The van der Waals surface area contributed by atoms with E-state index in [2.05, 4.69) is 15.4 Å². The lowest BCUT2D eigenvalue weighted by Gasteiger charge is -2.23. The van der Waals surface area contributed by atoms with Gasteiger partial charge in [-0.25, -0.2) is 4.98 Å². The Kier molecular flexibility index (Phi) is 8.08. The van der Waals surface area contributed by atoms with Gasteiger partial charge in [0.15, 0.2) is 0 Å². The third-order valence-electron chi connectivity index (χ3n) is 5.09. The fraction of sp³-hybridized carbons (Fsp3) is 0.333. The number of carbonyl (C=O) groups excluding carboxylic acids is 2. The summed E-state index contributed by atoms with van der Waals surface area (Å²) < 4.78 is 14.9. The summed E-state index contributed by atoms with van der Waals surface area (Å²) in [5, 5.41) is 7.22. The molecule has 0 aliphatic rings. The zero-order valence-corrected chi connectivity index (χ0v) is 18.4. The van der Waals surface area contributed by atoms with Gasteiger partial charge < -0.3 is 10.2 Å². The van der Waals surface area contributed by atoms with E-state index >= 15 is 0 Å². The van der Waals surface area contributed by atoms with Crippen molar-refractivity contribution in [3.05, 3.63) is 83.2 Å². The van der Waals surface area contributed by atoms with E-state index in [0.29, 0.717) is 49.4 Å². The molecule has 2 heterocycles. The first-order chi connectivity index (χ1) is 15.5. The maximum atomic E-state index is 13.2. The molecule has 0 aliphatic carbocycles. The first-order valence-electron chi connectivity index (χ1n) is 10.7. The van der Waals surface area contributed by atoms with Gasteiger partial charge in [-0.15, -0.1) is 0 Å². The van der Waals surface area contributed by atoms with Gasteiger partial charge in [0.1, 0.15) is 0 Å². The van der Waals surface area contributed by atoms with Crippen LogP contribution in [0.2, 0.25) is 0 Å². The topological polar surface area (TPSA) is 80.1 Å². The molecule has 0 saturated heterocycles. The van der Waals surface area contributed by atoms with Gasteiger partial charge in [-0.2, -0.15) is 9.49 Å². The number of aryl methyl sites for hydroxylation is 2. The van der Waals surface area contributed by atoms with E-state index in [1.54, 1.807) is 21.8 Å². The number of hydrogen-bond acceptors (Lipinski definition) is 4. The molecule has 1 aromatic carbocycles. The average molecular weight is 438 g/mol. The molecular formula is C24H28FN5O2. The molecule has 1 N–H and O–H groups in total. The van der Waals surface area contributed by atoms with E-state index in [0.717, 1.165) is 5.56 Å². The van der Waals surface area contributed by atoms with Crippen LogP contribution in [0.1, 0.15) is 40.5 Å². The highest BCUT2D eigenvalue weighted by Gasteiger charge is 2.20. The second-order valence-corrected chi connectivity index (χ2v) is 7.56. The van der Waals surface area contributed by atoms with Crippen molar-refractivity contribution in [2.24, 2.45) is 0 Å². The monoisotopic (exact) mass is 437 g/mol. The summed E-state index contributed by atoms with van der Waals surface area (Å²) in [4.78, 5) is 30.7. The third kappa shape index (κ3) is 6.47. The molecule has 0 saturated carbocycles. The molecule has 0 atom stereocenters. The largest absolute Gasteiger partial charge is 0.356 e. The second-order valence-electron chi connectivity index (χ2n) is 7.56. The maximum Gasteiger partial charge on any atom is 0.257 e. The Bertz CT molecular complexity index is 1050. The van der Waals surface area contributed by atoms with Crippen LogP contribution in [0.25, 0.3) is 0 Å². The number of hydrogen-bond donors (Lipinski definition) is 1. The van der Waals surface area contributed by atoms with Crippen LogP contribution in [0.5, 0.6) is 0 Å². The van der Waals surface area contributed by atoms with Gasteiger partial charge in [0.25, 0.3) is 5.91 Å². The van der Waals surface area contributed by atoms with Crippen LogP contribution in [0, 0.1) is 12.9 Å².